The summed E-state index contributed by atoms with van der Waals surface area (Å²) < 4.78 is 7.77. The van der Waals surface area contributed by atoms with Gasteiger partial charge in [0.2, 0.25) is 0 Å². The molecule has 8 heteroatoms. The van der Waals surface area contributed by atoms with Crippen LogP contribution in [0, 0.1) is 12.8 Å². The monoisotopic (exact) mass is 438 g/mol. The summed E-state index contributed by atoms with van der Waals surface area (Å²) in [7, 11) is 0. The second-order valence-electron chi connectivity index (χ2n) is 8.44. The lowest BCUT2D eigenvalue weighted by Gasteiger charge is -2.22. The van der Waals surface area contributed by atoms with E-state index in [0.717, 1.165) is 18.7 Å². The molecule has 2 aliphatic rings. The van der Waals surface area contributed by atoms with E-state index in [-0.39, 0.29) is 11.5 Å². The number of carbonyl (C=O) groups excluding carboxylic acids is 1. The third-order valence-electron chi connectivity index (χ3n) is 6.32. The molecule has 7 nitrogen and oxygen atoms in total. The largest absolute Gasteiger partial charge is 0.489 e. The molecule has 0 bridgehead atoms. The molecular formula is C23H26N4O3S. The first-order valence-electron chi connectivity index (χ1n) is 11.0. The number of ether oxygens (including phenoxy) is 1. The van der Waals surface area contributed by atoms with E-state index < -0.39 is 0 Å². The van der Waals surface area contributed by atoms with Gasteiger partial charge in [0.05, 0.1) is 16.9 Å². The van der Waals surface area contributed by atoms with Crippen molar-refractivity contribution < 1.29 is 9.53 Å². The van der Waals surface area contributed by atoms with E-state index in [1.54, 1.807) is 10.8 Å². The molecule has 4 heterocycles. The Bertz CT molecular complexity index is 1190. The summed E-state index contributed by atoms with van der Waals surface area (Å²) in [6, 6.07) is 3.64. The van der Waals surface area contributed by atoms with Crippen molar-refractivity contribution in [1.82, 2.24) is 14.5 Å². The van der Waals surface area contributed by atoms with Crippen LogP contribution in [0.15, 0.2) is 23.1 Å². The summed E-state index contributed by atoms with van der Waals surface area (Å²) in [6.45, 7) is 3.16. The van der Waals surface area contributed by atoms with Crippen molar-refractivity contribution in [2.45, 2.75) is 58.4 Å². The molecule has 31 heavy (non-hydrogen) atoms. The van der Waals surface area contributed by atoms with Gasteiger partial charge in [-0.05, 0) is 49.8 Å². The number of thiophene rings is 1. The topological polar surface area (TPSA) is 86.1 Å². The Balaban J connectivity index is 1.38. The predicted octanol–water partition coefficient (Wildman–Crippen LogP) is 4.32. The van der Waals surface area contributed by atoms with Crippen molar-refractivity contribution in [2.24, 2.45) is 5.92 Å². The molecule has 3 aromatic rings. The fourth-order valence-corrected chi connectivity index (χ4v) is 5.70. The second kappa shape index (κ2) is 8.42. The predicted molar refractivity (Wildman–Crippen MR) is 121 cm³/mol. The van der Waals surface area contributed by atoms with Gasteiger partial charge < -0.3 is 10.1 Å². The molecule has 0 spiro atoms. The van der Waals surface area contributed by atoms with Crippen molar-refractivity contribution in [3.05, 3.63) is 44.9 Å². The van der Waals surface area contributed by atoms with Crippen LogP contribution < -0.4 is 15.6 Å². The van der Waals surface area contributed by atoms with Crippen LogP contribution in [0.1, 0.15) is 59.6 Å². The van der Waals surface area contributed by atoms with Gasteiger partial charge in [0.1, 0.15) is 10.7 Å². The third-order valence-corrected chi connectivity index (χ3v) is 7.50. The number of hydrogen-bond acceptors (Lipinski definition) is 6. The molecule has 0 aromatic carbocycles. The lowest BCUT2D eigenvalue weighted by Crippen LogP contribution is -2.21. The molecule has 1 saturated carbocycles. The lowest BCUT2D eigenvalue weighted by atomic mass is 9.90. The number of anilines is 1. The summed E-state index contributed by atoms with van der Waals surface area (Å²) in [4.78, 5) is 36.1. The van der Waals surface area contributed by atoms with E-state index in [2.05, 4.69) is 15.3 Å². The number of amides is 1. The maximum atomic E-state index is 13.1. The first-order chi connectivity index (χ1) is 15.1. The van der Waals surface area contributed by atoms with E-state index in [4.69, 9.17) is 4.74 Å². The molecule has 0 unspecified atom stereocenters. The Morgan fingerprint density at radius 3 is 2.97 bits per heavy atom. The minimum atomic E-state index is -0.286. The maximum Gasteiger partial charge on any atom is 0.267 e. The van der Waals surface area contributed by atoms with Crippen LogP contribution >= 0.6 is 11.3 Å². The number of carbonyl (C=O) groups is 1. The van der Waals surface area contributed by atoms with Crippen molar-refractivity contribution in [3.63, 3.8) is 0 Å². The fraction of sp³-hybridized carbons (Fsp3) is 0.478. The maximum absolute atomic E-state index is 13.1. The number of hydrogen-bond donors (Lipinski definition) is 1. The fourth-order valence-electron chi connectivity index (χ4n) is 4.62. The Kier molecular flexibility index (Phi) is 5.48. The van der Waals surface area contributed by atoms with Gasteiger partial charge in [0, 0.05) is 19.2 Å². The molecule has 1 aliphatic heterocycles. The number of aryl methyl sites for hydroxylation is 2. The van der Waals surface area contributed by atoms with Crippen molar-refractivity contribution in [3.8, 4) is 5.75 Å². The second-order valence-corrected chi connectivity index (χ2v) is 9.44. The highest BCUT2D eigenvalue weighted by atomic mass is 32.1. The average Bonchev–Trinajstić information content (AvgIpc) is 3.39. The van der Waals surface area contributed by atoms with Crippen LogP contribution in [-0.4, -0.2) is 27.0 Å². The van der Waals surface area contributed by atoms with Crippen LogP contribution in [-0.2, 0) is 13.0 Å². The lowest BCUT2D eigenvalue weighted by molar-refractivity contribution is 0.102. The van der Waals surface area contributed by atoms with E-state index in [1.807, 2.05) is 19.1 Å². The number of nitrogens with one attached hydrogen (secondary N) is 1. The number of fused-ring (bicyclic) bond motifs is 2. The van der Waals surface area contributed by atoms with Gasteiger partial charge >= 0.3 is 0 Å². The van der Waals surface area contributed by atoms with E-state index >= 15 is 0 Å². The van der Waals surface area contributed by atoms with Crippen LogP contribution in [0.4, 0.5) is 5.82 Å². The molecular weight excluding hydrogens is 412 g/mol. The summed E-state index contributed by atoms with van der Waals surface area (Å²) in [6.07, 6.45) is 9.58. The third kappa shape index (κ3) is 3.84. The standard InChI is InChI=1S/C23H26N4O3S/c1-14-18-22(25-17-10-6-12-27(17)23(18)29)31-19(14)21(28)26-20-16(9-5-11-24-20)30-13-15-7-3-2-4-8-15/h5,9,11,15H,2-4,6-8,10,12-13H2,1H3,(H,24,26,28). The Labute approximate surface area is 184 Å². The Morgan fingerprint density at radius 2 is 2.13 bits per heavy atom. The number of pyridine rings is 1. The van der Waals surface area contributed by atoms with Gasteiger partial charge in [-0.15, -0.1) is 11.3 Å². The molecule has 0 radical (unpaired) electrons. The van der Waals surface area contributed by atoms with E-state index in [9.17, 15) is 9.59 Å². The van der Waals surface area contributed by atoms with E-state index in [1.165, 1.54) is 43.4 Å². The first kappa shape index (κ1) is 20.2. The zero-order valence-corrected chi connectivity index (χ0v) is 18.5. The normalized spacial score (nSPS) is 16.4. The molecule has 5 rings (SSSR count). The van der Waals surface area contributed by atoms with Gasteiger partial charge in [-0.25, -0.2) is 9.97 Å². The van der Waals surface area contributed by atoms with Crippen molar-refractivity contribution in [1.29, 1.82) is 0 Å². The van der Waals surface area contributed by atoms with Crippen LogP contribution in [0.3, 0.4) is 0 Å². The van der Waals surface area contributed by atoms with Crippen LogP contribution in [0.2, 0.25) is 0 Å². The highest BCUT2D eigenvalue weighted by Crippen LogP contribution is 2.31. The molecule has 1 N–H and O–H groups in total. The number of nitrogens with zero attached hydrogens (tertiary/aromatic N) is 3. The summed E-state index contributed by atoms with van der Waals surface area (Å²) in [5, 5.41) is 3.44. The van der Waals surface area contributed by atoms with Crippen molar-refractivity contribution in [2.75, 3.05) is 11.9 Å². The minimum Gasteiger partial charge on any atom is -0.489 e. The molecule has 1 aliphatic carbocycles. The van der Waals surface area contributed by atoms with Gasteiger partial charge in [0.15, 0.2) is 11.6 Å². The summed E-state index contributed by atoms with van der Waals surface area (Å²) >= 11 is 1.27. The Morgan fingerprint density at radius 1 is 1.29 bits per heavy atom. The van der Waals surface area contributed by atoms with Gasteiger partial charge in [-0.3, -0.25) is 14.2 Å². The van der Waals surface area contributed by atoms with Gasteiger partial charge in [0.25, 0.3) is 11.5 Å². The van der Waals surface area contributed by atoms with Gasteiger partial charge in [-0.2, -0.15) is 0 Å². The smallest absolute Gasteiger partial charge is 0.267 e. The molecule has 162 valence electrons. The molecule has 0 saturated heterocycles. The zero-order chi connectivity index (χ0) is 21.4. The quantitative estimate of drug-likeness (QED) is 0.641. The summed E-state index contributed by atoms with van der Waals surface area (Å²) in [5.41, 5.74) is 0.637. The van der Waals surface area contributed by atoms with Gasteiger partial charge in [-0.1, -0.05) is 19.3 Å². The SMILES string of the molecule is Cc1c(C(=O)Nc2ncccc2OCC2CCCCC2)sc2nc3n(c(=O)c12)CCC3. The molecule has 1 fully saturated rings. The Hall–Kier alpha value is -2.74. The zero-order valence-electron chi connectivity index (χ0n) is 17.6. The van der Waals surface area contributed by atoms with E-state index in [0.29, 0.717) is 51.3 Å². The van der Waals surface area contributed by atoms with Crippen LogP contribution in [0.25, 0.3) is 10.2 Å². The number of rotatable bonds is 5. The number of aromatic nitrogens is 3. The molecule has 1 amide bonds. The first-order valence-corrected chi connectivity index (χ1v) is 11.9. The summed E-state index contributed by atoms with van der Waals surface area (Å²) in [5.74, 6) is 2.08. The highest BCUT2D eigenvalue weighted by Gasteiger charge is 2.24. The molecule has 3 aromatic heterocycles. The molecule has 0 atom stereocenters. The highest BCUT2D eigenvalue weighted by molar-refractivity contribution is 7.20. The van der Waals surface area contributed by atoms with Crippen LogP contribution in [0.5, 0.6) is 5.75 Å². The minimum absolute atomic E-state index is 0.0420. The van der Waals surface area contributed by atoms with Crippen molar-refractivity contribution >= 4 is 33.3 Å². The average molecular weight is 439 g/mol.